The lowest BCUT2D eigenvalue weighted by molar-refractivity contribution is 0.0969. The summed E-state index contributed by atoms with van der Waals surface area (Å²) in [6.07, 6.45) is 0. The lowest BCUT2D eigenvalue weighted by atomic mass is 10.0. The molecule has 1 unspecified atom stereocenters. The second-order valence-corrected chi connectivity index (χ2v) is 6.29. The van der Waals surface area contributed by atoms with E-state index in [4.69, 9.17) is 23.2 Å². The number of carbonyl (C=O) groups is 1. The van der Waals surface area contributed by atoms with Crippen LogP contribution in [0.15, 0.2) is 60.7 Å². The van der Waals surface area contributed by atoms with Crippen LogP contribution in [0, 0.1) is 11.3 Å². The minimum Gasteiger partial charge on any atom is -0.320 e. The first-order valence-electron chi connectivity index (χ1n) is 7.47. The number of carbonyl (C=O) groups excluding carboxylic acids is 1. The Morgan fingerprint density at radius 3 is 2.32 bits per heavy atom. The van der Waals surface area contributed by atoms with Gasteiger partial charge in [-0.2, -0.15) is 5.26 Å². The average Bonchev–Trinajstić information content (AvgIpc) is 2.61. The smallest absolute Gasteiger partial charge is 0.195 e. The number of nitrogens with one attached hydrogen (secondary N) is 2. The molecule has 0 aliphatic carbocycles. The van der Waals surface area contributed by atoms with Crippen LogP contribution in [0.1, 0.15) is 10.4 Å². The minimum absolute atomic E-state index is 0.325. The van der Waals surface area contributed by atoms with E-state index < -0.39 is 6.04 Å². The highest BCUT2D eigenvalue weighted by Crippen LogP contribution is 2.22. The van der Waals surface area contributed by atoms with Crippen molar-refractivity contribution in [3.63, 3.8) is 0 Å². The van der Waals surface area contributed by atoms with Crippen molar-refractivity contribution in [3.05, 3.63) is 76.3 Å². The summed E-state index contributed by atoms with van der Waals surface area (Å²) in [5.41, 5.74) is 6.53. The van der Waals surface area contributed by atoms with Crippen molar-refractivity contribution in [2.45, 2.75) is 6.04 Å². The standard InChI is InChI=1S/C19H13Cl2N3O/c20-15-8-16(21)10-17(9-15)23-24-18(11-22)19(25)14-6-5-12-3-1-2-4-13(12)7-14/h1-10,18,23-24H. The largest absolute Gasteiger partial charge is 0.320 e. The zero-order valence-corrected chi connectivity index (χ0v) is 14.5. The molecule has 0 aliphatic heterocycles. The molecule has 3 rings (SSSR count). The van der Waals surface area contributed by atoms with Crippen LogP contribution < -0.4 is 10.9 Å². The summed E-state index contributed by atoms with van der Waals surface area (Å²) in [6, 6.07) is 18.8. The summed E-state index contributed by atoms with van der Waals surface area (Å²) in [5.74, 6) is -0.325. The van der Waals surface area contributed by atoms with Gasteiger partial charge >= 0.3 is 0 Å². The summed E-state index contributed by atoms with van der Waals surface area (Å²) in [6.45, 7) is 0. The molecular formula is C19H13Cl2N3O. The van der Waals surface area contributed by atoms with Gasteiger partial charge in [0, 0.05) is 15.6 Å². The molecule has 0 heterocycles. The Morgan fingerprint density at radius 1 is 0.960 bits per heavy atom. The number of Topliss-reactive ketones (excluding diaryl/α,β-unsaturated/α-hetero) is 1. The molecule has 0 saturated carbocycles. The number of ketones is 1. The van der Waals surface area contributed by atoms with E-state index in [-0.39, 0.29) is 5.78 Å². The number of anilines is 1. The molecule has 0 fully saturated rings. The zero-order chi connectivity index (χ0) is 17.8. The van der Waals surface area contributed by atoms with E-state index >= 15 is 0 Å². The molecule has 3 aromatic carbocycles. The molecule has 3 aromatic rings. The minimum atomic E-state index is -1.06. The van der Waals surface area contributed by atoms with E-state index in [0.717, 1.165) is 10.8 Å². The molecule has 0 radical (unpaired) electrons. The predicted molar refractivity (Wildman–Crippen MR) is 101 cm³/mol. The molecule has 4 nitrogen and oxygen atoms in total. The highest BCUT2D eigenvalue weighted by molar-refractivity contribution is 6.35. The number of hydrogen-bond donors (Lipinski definition) is 2. The number of benzene rings is 3. The van der Waals surface area contributed by atoms with E-state index in [1.54, 1.807) is 30.3 Å². The molecule has 0 saturated heterocycles. The molecule has 0 amide bonds. The fourth-order valence-electron chi connectivity index (χ4n) is 2.45. The maximum Gasteiger partial charge on any atom is 0.195 e. The Morgan fingerprint density at radius 2 is 1.64 bits per heavy atom. The van der Waals surface area contributed by atoms with Crippen LogP contribution >= 0.6 is 23.2 Å². The van der Waals surface area contributed by atoms with E-state index in [1.807, 2.05) is 36.4 Å². The first kappa shape index (κ1) is 17.2. The number of rotatable bonds is 5. The van der Waals surface area contributed by atoms with Crippen LogP contribution in [0.25, 0.3) is 10.8 Å². The second-order valence-electron chi connectivity index (χ2n) is 5.42. The van der Waals surface area contributed by atoms with Gasteiger partial charge in [-0.1, -0.05) is 59.6 Å². The molecule has 25 heavy (non-hydrogen) atoms. The molecular weight excluding hydrogens is 357 g/mol. The third-order valence-corrected chi connectivity index (χ3v) is 4.09. The normalized spacial score (nSPS) is 11.7. The highest BCUT2D eigenvalue weighted by atomic mass is 35.5. The monoisotopic (exact) mass is 369 g/mol. The molecule has 0 aromatic heterocycles. The molecule has 0 bridgehead atoms. The van der Waals surface area contributed by atoms with Crippen LogP contribution in [-0.2, 0) is 0 Å². The number of hydrazine groups is 1. The maximum absolute atomic E-state index is 12.6. The third-order valence-electron chi connectivity index (χ3n) is 3.65. The number of nitrogens with zero attached hydrogens (tertiary/aromatic N) is 1. The maximum atomic E-state index is 12.6. The Balaban J connectivity index is 1.77. The van der Waals surface area contributed by atoms with Crippen LogP contribution in [0.2, 0.25) is 10.0 Å². The van der Waals surface area contributed by atoms with Crippen molar-refractivity contribution in [2.24, 2.45) is 0 Å². The Labute approximate surface area is 154 Å². The Kier molecular flexibility index (Phi) is 5.20. The van der Waals surface area contributed by atoms with Gasteiger partial charge in [0.1, 0.15) is 0 Å². The molecule has 0 spiro atoms. The van der Waals surface area contributed by atoms with Gasteiger partial charge in [-0.25, -0.2) is 5.43 Å². The number of fused-ring (bicyclic) bond motifs is 1. The van der Waals surface area contributed by atoms with Gasteiger partial charge in [0.15, 0.2) is 11.8 Å². The number of hydrogen-bond acceptors (Lipinski definition) is 4. The van der Waals surface area contributed by atoms with E-state index in [1.165, 1.54) is 0 Å². The van der Waals surface area contributed by atoms with Crippen LogP contribution in [0.5, 0.6) is 0 Å². The number of nitriles is 1. The Hall–Kier alpha value is -2.58. The fraction of sp³-hybridized carbons (Fsp3) is 0.0526. The quantitative estimate of drug-likeness (QED) is 0.498. The third kappa shape index (κ3) is 4.09. The summed E-state index contributed by atoms with van der Waals surface area (Å²) >= 11 is 11.9. The molecule has 2 N–H and O–H groups in total. The molecule has 124 valence electrons. The van der Waals surface area contributed by atoms with Crippen molar-refractivity contribution >= 4 is 45.4 Å². The van der Waals surface area contributed by atoms with E-state index in [9.17, 15) is 10.1 Å². The average molecular weight is 370 g/mol. The van der Waals surface area contributed by atoms with Crippen molar-refractivity contribution in [3.8, 4) is 6.07 Å². The van der Waals surface area contributed by atoms with Crippen LogP contribution in [0.4, 0.5) is 5.69 Å². The SMILES string of the molecule is N#CC(NNc1cc(Cl)cc(Cl)c1)C(=O)c1ccc2ccccc2c1. The topological polar surface area (TPSA) is 64.9 Å². The van der Waals surface area contributed by atoms with Gasteiger partial charge in [-0.15, -0.1) is 0 Å². The first-order chi connectivity index (χ1) is 12.1. The second kappa shape index (κ2) is 7.54. The number of halogens is 2. The highest BCUT2D eigenvalue weighted by Gasteiger charge is 2.19. The van der Waals surface area contributed by atoms with Gasteiger partial charge in [0.25, 0.3) is 0 Å². The molecule has 0 aliphatic rings. The van der Waals surface area contributed by atoms with Gasteiger partial charge in [0.05, 0.1) is 11.8 Å². The van der Waals surface area contributed by atoms with Gasteiger partial charge in [-0.3, -0.25) is 4.79 Å². The fourth-order valence-corrected chi connectivity index (χ4v) is 2.97. The predicted octanol–water partition coefficient (Wildman–Crippen LogP) is 4.84. The van der Waals surface area contributed by atoms with Gasteiger partial charge in [0.2, 0.25) is 0 Å². The van der Waals surface area contributed by atoms with Crippen LogP contribution in [0.3, 0.4) is 0 Å². The van der Waals surface area contributed by atoms with Crippen molar-refractivity contribution in [1.82, 2.24) is 5.43 Å². The zero-order valence-electron chi connectivity index (χ0n) is 13.0. The summed E-state index contributed by atoms with van der Waals surface area (Å²) in [7, 11) is 0. The summed E-state index contributed by atoms with van der Waals surface area (Å²) < 4.78 is 0. The summed E-state index contributed by atoms with van der Waals surface area (Å²) in [4.78, 5) is 12.6. The van der Waals surface area contributed by atoms with Crippen LogP contribution in [-0.4, -0.2) is 11.8 Å². The molecule has 6 heteroatoms. The first-order valence-corrected chi connectivity index (χ1v) is 8.23. The summed E-state index contributed by atoms with van der Waals surface area (Å²) in [5, 5.41) is 12.2. The van der Waals surface area contributed by atoms with Crippen molar-refractivity contribution in [1.29, 1.82) is 5.26 Å². The lowest BCUT2D eigenvalue weighted by Gasteiger charge is -2.14. The van der Waals surface area contributed by atoms with E-state index in [0.29, 0.717) is 21.3 Å². The van der Waals surface area contributed by atoms with E-state index in [2.05, 4.69) is 10.9 Å². The van der Waals surface area contributed by atoms with Gasteiger partial charge < -0.3 is 5.43 Å². The lowest BCUT2D eigenvalue weighted by Crippen LogP contribution is -2.39. The molecule has 1 atom stereocenters. The Bertz CT molecular complexity index is 962. The van der Waals surface area contributed by atoms with Gasteiger partial charge in [-0.05, 0) is 35.0 Å². The van der Waals surface area contributed by atoms with Crippen molar-refractivity contribution < 1.29 is 4.79 Å². The van der Waals surface area contributed by atoms with Crippen molar-refractivity contribution in [2.75, 3.05) is 5.43 Å².